The molecule has 0 aliphatic heterocycles. The number of nitrogens with one attached hydrogen (secondary N) is 2. The summed E-state index contributed by atoms with van der Waals surface area (Å²) in [7, 11) is 1.44. The molecule has 3 N–H and O–H groups in total. The number of nitrogens with zero attached hydrogens (tertiary/aromatic N) is 2. The summed E-state index contributed by atoms with van der Waals surface area (Å²) in [5, 5.41) is 17.9. The van der Waals surface area contributed by atoms with Crippen LogP contribution in [0.2, 0.25) is 10.0 Å². The van der Waals surface area contributed by atoms with E-state index in [4.69, 9.17) is 27.9 Å². The molecule has 238 valence electrons. The summed E-state index contributed by atoms with van der Waals surface area (Å²) in [5.41, 5.74) is 3.57. The van der Waals surface area contributed by atoms with Crippen LogP contribution in [0.4, 0.5) is 0 Å². The normalized spacial score (nSPS) is 11.2. The first-order valence-electron chi connectivity index (χ1n) is 15.0. The lowest BCUT2D eigenvalue weighted by atomic mass is 9.83. The van der Waals surface area contributed by atoms with Crippen molar-refractivity contribution < 1.29 is 9.84 Å². The van der Waals surface area contributed by atoms with Crippen LogP contribution in [0.25, 0.3) is 33.9 Å². The lowest BCUT2D eigenvalue weighted by Crippen LogP contribution is -2.25. The van der Waals surface area contributed by atoms with Crippen molar-refractivity contribution in [3.05, 3.63) is 175 Å². The Labute approximate surface area is 285 Å². The van der Waals surface area contributed by atoms with E-state index < -0.39 is 17.0 Å². The first kappa shape index (κ1) is 30.9. The number of aromatic hydroxyl groups is 1. The van der Waals surface area contributed by atoms with Crippen LogP contribution in [0.3, 0.4) is 0 Å². The number of halogens is 2. The summed E-state index contributed by atoms with van der Waals surface area (Å²) >= 11 is 13.3. The second kappa shape index (κ2) is 12.8. The van der Waals surface area contributed by atoms with Crippen molar-refractivity contribution in [1.82, 2.24) is 19.6 Å². The number of H-pyrrole nitrogens is 2. The molecule has 0 saturated carbocycles. The predicted octanol–water partition coefficient (Wildman–Crippen LogP) is 8.18. The molecule has 48 heavy (non-hydrogen) atoms. The third-order valence-electron chi connectivity index (χ3n) is 8.28. The van der Waals surface area contributed by atoms with Crippen molar-refractivity contribution in [1.29, 1.82) is 0 Å². The molecule has 7 aromatic rings. The highest BCUT2D eigenvalue weighted by Crippen LogP contribution is 2.41. The fourth-order valence-corrected chi connectivity index (χ4v) is 6.48. The maximum absolute atomic E-state index is 14.9. The minimum Gasteiger partial charge on any atom is -0.504 e. The largest absolute Gasteiger partial charge is 0.504 e. The van der Waals surface area contributed by atoms with Gasteiger partial charge in [-0.25, -0.2) is 9.36 Å². The molecule has 7 rings (SSSR count). The van der Waals surface area contributed by atoms with Crippen LogP contribution in [0.15, 0.2) is 137 Å². The molecule has 10 heteroatoms. The minimum absolute atomic E-state index is 0.0864. The van der Waals surface area contributed by atoms with Gasteiger partial charge < -0.3 is 9.84 Å². The summed E-state index contributed by atoms with van der Waals surface area (Å²) in [4.78, 5) is 29.7. The van der Waals surface area contributed by atoms with Crippen molar-refractivity contribution >= 4 is 23.2 Å². The highest BCUT2D eigenvalue weighted by molar-refractivity contribution is 6.32. The Balaban J connectivity index is 1.63. The number of para-hydroxylation sites is 2. The molecule has 0 saturated heterocycles. The monoisotopic (exact) mass is 674 g/mol. The average Bonchev–Trinajstić information content (AvgIpc) is 3.63. The van der Waals surface area contributed by atoms with E-state index in [0.717, 1.165) is 11.1 Å². The van der Waals surface area contributed by atoms with Crippen LogP contribution in [0.5, 0.6) is 11.5 Å². The fourth-order valence-electron chi connectivity index (χ4n) is 6.04. The second-order valence-electron chi connectivity index (χ2n) is 11.1. The number of phenolic OH excluding ortho intramolecular Hbond substituents is 1. The van der Waals surface area contributed by atoms with E-state index in [1.54, 1.807) is 60.7 Å². The number of hydrogen-bond donors (Lipinski definition) is 3. The zero-order chi connectivity index (χ0) is 33.4. The molecule has 0 aliphatic rings. The van der Waals surface area contributed by atoms with E-state index >= 15 is 0 Å². The SMILES string of the molecule is COc1cc(C(c2c(-c3ccccc3)[nH]n(-c3ccccc3Cl)c2=O)c2c(-c3ccccc3)[nH]n(-c3ccccc3Cl)c2=O)ccc1O. The molecule has 0 unspecified atom stereocenters. The van der Waals surface area contributed by atoms with Gasteiger partial charge in [-0.15, -0.1) is 0 Å². The van der Waals surface area contributed by atoms with E-state index in [1.807, 2.05) is 60.7 Å². The number of aromatic amines is 2. The van der Waals surface area contributed by atoms with Gasteiger partial charge in [0.2, 0.25) is 0 Å². The highest BCUT2D eigenvalue weighted by Gasteiger charge is 2.34. The van der Waals surface area contributed by atoms with E-state index in [-0.39, 0.29) is 22.6 Å². The van der Waals surface area contributed by atoms with Crippen LogP contribution in [0.1, 0.15) is 22.6 Å². The van der Waals surface area contributed by atoms with Crippen molar-refractivity contribution in [3.63, 3.8) is 0 Å². The van der Waals surface area contributed by atoms with Crippen LogP contribution in [-0.2, 0) is 0 Å². The molecule has 0 bridgehead atoms. The quantitative estimate of drug-likeness (QED) is 0.151. The van der Waals surface area contributed by atoms with Gasteiger partial charge in [0.25, 0.3) is 11.1 Å². The number of methoxy groups -OCH3 is 1. The Morgan fingerprint density at radius 1 is 0.625 bits per heavy atom. The summed E-state index contributed by atoms with van der Waals surface area (Å²) in [6.45, 7) is 0. The van der Waals surface area contributed by atoms with Crippen molar-refractivity contribution in [2.24, 2.45) is 0 Å². The van der Waals surface area contributed by atoms with E-state index in [9.17, 15) is 14.7 Å². The van der Waals surface area contributed by atoms with E-state index in [1.165, 1.54) is 22.5 Å². The molecule has 0 radical (unpaired) electrons. The summed E-state index contributed by atoms with van der Waals surface area (Å²) in [5.74, 6) is -0.884. The lowest BCUT2D eigenvalue weighted by molar-refractivity contribution is 0.373. The maximum atomic E-state index is 14.9. The Kier molecular flexibility index (Phi) is 8.27. The molecule has 2 aromatic heterocycles. The van der Waals surface area contributed by atoms with Crippen LogP contribution in [0, 0.1) is 0 Å². The molecule has 0 aliphatic carbocycles. The summed E-state index contributed by atoms with van der Waals surface area (Å²) in [6.07, 6.45) is 0. The van der Waals surface area contributed by atoms with Crippen molar-refractivity contribution in [2.75, 3.05) is 7.11 Å². The van der Waals surface area contributed by atoms with Crippen LogP contribution in [-0.4, -0.2) is 31.8 Å². The van der Waals surface area contributed by atoms with Gasteiger partial charge in [0, 0.05) is 5.92 Å². The number of aromatic nitrogens is 4. The standard InChI is InChI=1S/C38H28Cl2N4O4/c1-48-31-22-25(20-21-30(31)45)32(33-35(23-12-4-2-5-13-23)41-43(37(33)46)28-18-10-8-16-26(28)39)34-36(24-14-6-3-7-15-24)42-44(38(34)47)29-19-11-9-17-27(29)40/h2-22,32,41-42,45H,1H3. The molecule has 0 amide bonds. The molecule has 5 aromatic carbocycles. The molecule has 8 nitrogen and oxygen atoms in total. The molecular formula is C38H28Cl2N4O4. The number of benzene rings is 5. The second-order valence-corrected chi connectivity index (χ2v) is 11.9. The van der Waals surface area contributed by atoms with Gasteiger partial charge in [0.05, 0.1) is 51.0 Å². The molecule has 0 fully saturated rings. The van der Waals surface area contributed by atoms with Gasteiger partial charge in [-0.05, 0) is 53.1 Å². The van der Waals surface area contributed by atoms with Gasteiger partial charge in [-0.2, -0.15) is 0 Å². The van der Waals surface area contributed by atoms with Gasteiger partial charge >= 0.3 is 0 Å². The van der Waals surface area contributed by atoms with Crippen molar-refractivity contribution in [2.45, 2.75) is 5.92 Å². The minimum atomic E-state index is -0.982. The van der Waals surface area contributed by atoms with Gasteiger partial charge in [-0.1, -0.05) is 114 Å². The first-order chi connectivity index (χ1) is 23.4. The zero-order valence-corrected chi connectivity index (χ0v) is 27.0. The number of hydrogen-bond acceptors (Lipinski definition) is 4. The predicted molar refractivity (Wildman–Crippen MR) is 189 cm³/mol. The summed E-state index contributed by atoms with van der Waals surface area (Å²) in [6, 6.07) is 37.7. The van der Waals surface area contributed by atoms with Gasteiger partial charge in [0.15, 0.2) is 11.5 Å². The third kappa shape index (κ3) is 5.41. The fraction of sp³-hybridized carbons (Fsp3) is 0.0526. The van der Waals surface area contributed by atoms with Crippen LogP contribution < -0.4 is 15.9 Å². The highest BCUT2D eigenvalue weighted by atomic mass is 35.5. The number of rotatable bonds is 8. The molecular weight excluding hydrogens is 647 g/mol. The van der Waals surface area contributed by atoms with E-state index in [0.29, 0.717) is 38.4 Å². The maximum Gasteiger partial charge on any atom is 0.276 e. The Morgan fingerprint density at radius 2 is 1.06 bits per heavy atom. The number of phenols is 1. The Hall–Kier alpha value is -5.70. The topological polar surface area (TPSA) is 105 Å². The molecule has 2 heterocycles. The van der Waals surface area contributed by atoms with E-state index in [2.05, 4.69) is 10.2 Å². The smallest absolute Gasteiger partial charge is 0.276 e. The Bertz CT molecular complexity index is 2240. The van der Waals surface area contributed by atoms with Gasteiger partial charge in [0.1, 0.15) is 0 Å². The average molecular weight is 676 g/mol. The first-order valence-corrected chi connectivity index (χ1v) is 15.8. The number of ether oxygens (including phenoxy) is 1. The zero-order valence-electron chi connectivity index (χ0n) is 25.5. The molecule has 0 atom stereocenters. The lowest BCUT2D eigenvalue weighted by Gasteiger charge is -2.19. The van der Waals surface area contributed by atoms with Gasteiger partial charge in [-0.3, -0.25) is 19.8 Å². The molecule has 0 spiro atoms. The van der Waals surface area contributed by atoms with Crippen molar-refractivity contribution in [3.8, 4) is 45.4 Å². The summed E-state index contributed by atoms with van der Waals surface area (Å²) < 4.78 is 8.30. The third-order valence-corrected chi connectivity index (χ3v) is 8.92. The van der Waals surface area contributed by atoms with Crippen LogP contribution >= 0.6 is 23.2 Å². The Morgan fingerprint density at radius 3 is 1.50 bits per heavy atom.